The SMILES string of the molecule is CCOC(=O)c1cc(C2CC2)c2c(C)c(N3CCC3CNC(=O)OC(C)(C)C)c(F)cn2c1=O. The molecule has 0 radical (unpaired) electrons. The summed E-state index contributed by atoms with van der Waals surface area (Å²) in [6.45, 7) is 9.98. The van der Waals surface area contributed by atoms with Gasteiger partial charge in [-0.25, -0.2) is 14.0 Å². The lowest BCUT2D eigenvalue weighted by atomic mass is 9.97. The van der Waals surface area contributed by atoms with Crippen LogP contribution in [0.4, 0.5) is 14.9 Å². The summed E-state index contributed by atoms with van der Waals surface area (Å²) in [5.74, 6) is -1.01. The fourth-order valence-electron chi connectivity index (χ4n) is 4.52. The summed E-state index contributed by atoms with van der Waals surface area (Å²) >= 11 is 0. The molecule has 1 amide bonds. The number of aryl methyl sites for hydroxylation is 1. The molecule has 2 aliphatic rings. The van der Waals surface area contributed by atoms with Crippen molar-refractivity contribution in [3.8, 4) is 0 Å². The molecule has 4 rings (SSSR count). The molecule has 1 aliphatic heterocycles. The molecule has 2 fully saturated rings. The van der Waals surface area contributed by atoms with E-state index in [1.807, 2.05) is 4.90 Å². The van der Waals surface area contributed by atoms with Crippen LogP contribution in [0.25, 0.3) is 5.52 Å². The van der Waals surface area contributed by atoms with Crippen molar-refractivity contribution >= 4 is 23.3 Å². The van der Waals surface area contributed by atoms with Crippen LogP contribution >= 0.6 is 0 Å². The van der Waals surface area contributed by atoms with Gasteiger partial charge in [0.25, 0.3) is 5.56 Å². The number of hydrogen-bond donors (Lipinski definition) is 1. The number of halogens is 1. The van der Waals surface area contributed by atoms with Crippen molar-refractivity contribution in [3.63, 3.8) is 0 Å². The number of aromatic nitrogens is 1. The van der Waals surface area contributed by atoms with Crippen LogP contribution < -0.4 is 15.8 Å². The van der Waals surface area contributed by atoms with E-state index in [0.29, 0.717) is 29.9 Å². The molecule has 9 heteroatoms. The Kier molecular flexibility index (Phi) is 6.31. The number of anilines is 1. The molecule has 1 N–H and O–H groups in total. The average Bonchev–Trinajstić information content (AvgIpc) is 3.55. The molecule has 34 heavy (non-hydrogen) atoms. The Labute approximate surface area is 198 Å². The first-order chi connectivity index (χ1) is 16.0. The second-order valence-corrected chi connectivity index (χ2v) is 10.0. The molecular formula is C25H32FN3O5. The number of carbonyl (C=O) groups is 2. The monoisotopic (exact) mass is 473 g/mol. The molecule has 184 valence electrons. The predicted octanol–water partition coefficient (Wildman–Crippen LogP) is 3.90. The Balaban J connectivity index is 1.69. The third-order valence-electron chi connectivity index (χ3n) is 6.27. The zero-order valence-electron chi connectivity index (χ0n) is 20.4. The second-order valence-electron chi connectivity index (χ2n) is 10.0. The van der Waals surface area contributed by atoms with Gasteiger partial charge in [0.1, 0.15) is 11.2 Å². The third-order valence-corrected chi connectivity index (χ3v) is 6.27. The summed E-state index contributed by atoms with van der Waals surface area (Å²) in [7, 11) is 0. The first-order valence-electron chi connectivity index (χ1n) is 11.8. The Bertz CT molecular complexity index is 1200. The van der Waals surface area contributed by atoms with Gasteiger partial charge >= 0.3 is 12.1 Å². The normalized spacial score (nSPS) is 17.9. The number of nitrogens with zero attached hydrogens (tertiary/aromatic N) is 2. The molecule has 1 unspecified atom stereocenters. The first-order valence-corrected chi connectivity index (χ1v) is 11.8. The number of esters is 1. The predicted molar refractivity (Wildman–Crippen MR) is 126 cm³/mol. The summed E-state index contributed by atoms with van der Waals surface area (Å²) in [6.07, 6.45) is 3.36. The molecule has 1 saturated heterocycles. The lowest BCUT2D eigenvalue weighted by molar-refractivity contribution is 0.0511. The third kappa shape index (κ3) is 4.60. The topological polar surface area (TPSA) is 89.3 Å². The largest absolute Gasteiger partial charge is 0.462 e. The number of pyridine rings is 2. The zero-order chi connectivity index (χ0) is 24.8. The maximum Gasteiger partial charge on any atom is 0.407 e. The molecular weight excluding hydrogens is 441 g/mol. The summed E-state index contributed by atoms with van der Waals surface area (Å²) in [5, 5.41) is 2.77. The van der Waals surface area contributed by atoms with Crippen molar-refractivity contribution in [2.75, 3.05) is 24.6 Å². The van der Waals surface area contributed by atoms with Crippen LogP contribution in [0.3, 0.4) is 0 Å². The van der Waals surface area contributed by atoms with Crippen molar-refractivity contribution in [2.24, 2.45) is 0 Å². The number of hydrogen-bond acceptors (Lipinski definition) is 6. The van der Waals surface area contributed by atoms with Crippen LogP contribution in [0.1, 0.15) is 74.4 Å². The van der Waals surface area contributed by atoms with E-state index in [1.54, 1.807) is 40.7 Å². The summed E-state index contributed by atoms with van der Waals surface area (Å²) in [5.41, 5.74) is 1.32. The van der Waals surface area contributed by atoms with E-state index < -0.39 is 29.0 Å². The van der Waals surface area contributed by atoms with Crippen LogP contribution in [0, 0.1) is 12.7 Å². The molecule has 2 aromatic heterocycles. The van der Waals surface area contributed by atoms with Crippen molar-refractivity contribution in [1.82, 2.24) is 9.72 Å². The van der Waals surface area contributed by atoms with E-state index >= 15 is 4.39 Å². The van der Waals surface area contributed by atoms with Crippen LogP contribution in [0.5, 0.6) is 0 Å². The highest BCUT2D eigenvalue weighted by Crippen LogP contribution is 2.44. The van der Waals surface area contributed by atoms with E-state index in [2.05, 4.69) is 5.32 Å². The number of amides is 1. The molecule has 1 saturated carbocycles. The summed E-state index contributed by atoms with van der Waals surface area (Å²) < 4.78 is 27.0. The van der Waals surface area contributed by atoms with Gasteiger partial charge in [-0.05, 0) is 77.0 Å². The maximum atomic E-state index is 15.4. The van der Waals surface area contributed by atoms with E-state index in [-0.39, 0.29) is 24.1 Å². The van der Waals surface area contributed by atoms with Gasteiger partial charge in [0.2, 0.25) is 0 Å². The van der Waals surface area contributed by atoms with Crippen LogP contribution in [0.15, 0.2) is 17.1 Å². The average molecular weight is 474 g/mol. The lowest BCUT2D eigenvalue weighted by Crippen LogP contribution is -2.54. The summed E-state index contributed by atoms with van der Waals surface area (Å²) in [4.78, 5) is 39.4. The quantitative estimate of drug-likeness (QED) is 0.640. The number of ether oxygens (including phenoxy) is 2. The standard InChI is InChI=1S/C25H32FN3O5/c1-6-33-23(31)18-11-17(15-7-8-15)20-14(2)21(19(26)13-29(20)22(18)30)28-10-9-16(28)12-27-24(32)34-25(3,4)5/h11,13,15-16H,6-10,12H2,1-5H3,(H,27,32). The first kappa shape index (κ1) is 24.0. The van der Waals surface area contributed by atoms with Gasteiger partial charge in [-0.3, -0.25) is 9.20 Å². The van der Waals surface area contributed by atoms with Gasteiger partial charge in [0.15, 0.2) is 5.82 Å². The minimum absolute atomic E-state index is 0.0730. The van der Waals surface area contributed by atoms with Crippen LogP contribution in [-0.4, -0.2) is 47.8 Å². The van der Waals surface area contributed by atoms with Gasteiger partial charge in [-0.1, -0.05) is 0 Å². The minimum Gasteiger partial charge on any atom is -0.462 e. The smallest absolute Gasteiger partial charge is 0.407 e. The van der Waals surface area contributed by atoms with Gasteiger partial charge in [0, 0.05) is 19.1 Å². The molecule has 0 spiro atoms. The van der Waals surface area contributed by atoms with Crippen molar-refractivity contribution in [1.29, 1.82) is 0 Å². The molecule has 0 aromatic carbocycles. The number of alkyl carbamates (subject to hydrolysis) is 1. The van der Waals surface area contributed by atoms with Crippen LogP contribution in [-0.2, 0) is 9.47 Å². The maximum absolute atomic E-state index is 15.4. The molecule has 3 heterocycles. The van der Waals surface area contributed by atoms with Crippen molar-refractivity contribution in [2.45, 2.75) is 71.4 Å². The number of fused-ring (bicyclic) bond motifs is 1. The van der Waals surface area contributed by atoms with E-state index in [0.717, 1.165) is 24.8 Å². The molecule has 8 nitrogen and oxygen atoms in total. The van der Waals surface area contributed by atoms with Crippen molar-refractivity contribution < 1.29 is 23.5 Å². The minimum atomic E-state index is -0.693. The second kappa shape index (κ2) is 8.92. The number of carbonyl (C=O) groups excluding carboxylic acids is 2. The number of nitrogens with one attached hydrogen (secondary N) is 1. The lowest BCUT2D eigenvalue weighted by Gasteiger charge is -2.44. The highest BCUT2D eigenvalue weighted by molar-refractivity contribution is 5.90. The van der Waals surface area contributed by atoms with Gasteiger partial charge in [-0.15, -0.1) is 0 Å². The van der Waals surface area contributed by atoms with E-state index in [1.165, 1.54) is 10.6 Å². The van der Waals surface area contributed by atoms with Gasteiger partial charge in [-0.2, -0.15) is 0 Å². The number of rotatable bonds is 6. The van der Waals surface area contributed by atoms with E-state index in [9.17, 15) is 14.4 Å². The Morgan fingerprint density at radius 3 is 2.50 bits per heavy atom. The molecule has 1 atom stereocenters. The Morgan fingerprint density at radius 2 is 1.94 bits per heavy atom. The fraction of sp³-hybridized carbons (Fsp3) is 0.560. The molecule has 1 aliphatic carbocycles. The van der Waals surface area contributed by atoms with Gasteiger partial charge in [0.05, 0.1) is 24.0 Å². The Hall–Kier alpha value is -3.10. The summed E-state index contributed by atoms with van der Waals surface area (Å²) in [6, 6.07) is 1.54. The zero-order valence-corrected chi connectivity index (χ0v) is 20.4. The molecule has 2 aromatic rings. The molecule has 0 bridgehead atoms. The highest BCUT2D eigenvalue weighted by atomic mass is 19.1. The van der Waals surface area contributed by atoms with Crippen molar-refractivity contribution in [3.05, 3.63) is 45.1 Å². The van der Waals surface area contributed by atoms with Crippen LogP contribution in [0.2, 0.25) is 0 Å². The highest BCUT2D eigenvalue weighted by Gasteiger charge is 2.35. The van der Waals surface area contributed by atoms with Gasteiger partial charge < -0.3 is 19.7 Å². The van der Waals surface area contributed by atoms with E-state index in [4.69, 9.17) is 9.47 Å². The fourth-order valence-corrected chi connectivity index (χ4v) is 4.52. The Morgan fingerprint density at radius 1 is 1.24 bits per heavy atom.